The van der Waals surface area contributed by atoms with Gasteiger partial charge in [0.25, 0.3) is 5.91 Å². The largest absolute Gasteiger partial charge is 0.496 e. The van der Waals surface area contributed by atoms with Gasteiger partial charge in [0.2, 0.25) is 0 Å². The van der Waals surface area contributed by atoms with Gasteiger partial charge >= 0.3 is 0 Å². The van der Waals surface area contributed by atoms with Gasteiger partial charge in [0.15, 0.2) is 29.3 Å². The van der Waals surface area contributed by atoms with E-state index in [0.29, 0.717) is 34.3 Å². The number of nitrogens with zero attached hydrogens (tertiary/aromatic N) is 4. The number of carbonyl (C=O) groups excluding carboxylic acids is 1. The Kier molecular flexibility index (Phi) is 5.92. The van der Waals surface area contributed by atoms with E-state index in [1.165, 1.54) is 24.3 Å². The summed E-state index contributed by atoms with van der Waals surface area (Å²) in [6.45, 7) is 0.384. The number of anilines is 1. The van der Waals surface area contributed by atoms with E-state index in [4.69, 9.17) is 26.8 Å². The molecule has 1 aliphatic heterocycles. The number of likely N-dealkylation sites (N-methyl/N-ethyl adjacent to an activating group) is 1. The Morgan fingerprint density at radius 3 is 2.94 bits per heavy atom. The number of amides is 1. The zero-order valence-electron chi connectivity index (χ0n) is 16.8. The highest BCUT2D eigenvalue weighted by molar-refractivity contribution is 6.30. The van der Waals surface area contributed by atoms with Gasteiger partial charge in [-0.25, -0.2) is 15.0 Å². The van der Waals surface area contributed by atoms with Crippen LogP contribution in [0.2, 0.25) is 5.02 Å². The molecule has 164 valence electrons. The van der Waals surface area contributed by atoms with E-state index >= 15 is 0 Å². The summed E-state index contributed by atoms with van der Waals surface area (Å²) >= 11 is 6.10. The highest BCUT2D eigenvalue weighted by atomic mass is 35.5. The molecule has 12 heteroatoms. The molecule has 2 aromatic heterocycles. The molecule has 4 atom stereocenters. The normalized spacial score (nSPS) is 23.1. The Hall–Kier alpha value is -2.99. The number of nitrogens with two attached hydrogens (primary N) is 1. The number of fused-ring (bicyclic) bond motifs is 1. The van der Waals surface area contributed by atoms with Crippen molar-refractivity contribution in [2.75, 3.05) is 19.5 Å². The van der Waals surface area contributed by atoms with Crippen LogP contribution < -0.4 is 21.1 Å². The number of aliphatic hydroxyl groups excluding tert-OH is 1. The summed E-state index contributed by atoms with van der Waals surface area (Å²) in [6, 6.07) is 4.44. The Balaban J connectivity index is 1.61. The first-order valence-electron chi connectivity index (χ1n) is 9.49. The first-order valence-corrected chi connectivity index (χ1v) is 9.87. The van der Waals surface area contributed by atoms with Crippen LogP contribution >= 0.6 is 11.6 Å². The number of aliphatic hydroxyl groups is 1. The predicted octanol–water partition coefficient (Wildman–Crippen LogP) is 0.432. The number of halogens is 1. The second-order valence-electron chi connectivity index (χ2n) is 6.99. The molecule has 3 heterocycles. The fourth-order valence-electron chi connectivity index (χ4n) is 3.53. The molecule has 11 nitrogen and oxygen atoms in total. The van der Waals surface area contributed by atoms with Crippen molar-refractivity contribution in [2.45, 2.75) is 31.0 Å². The molecule has 0 saturated carbocycles. The minimum Gasteiger partial charge on any atom is -0.496 e. The highest BCUT2D eigenvalue weighted by Gasteiger charge is 2.46. The summed E-state index contributed by atoms with van der Waals surface area (Å²) in [5.74, 6) is 0.751. The van der Waals surface area contributed by atoms with Crippen LogP contribution in [0, 0.1) is 0 Å². The molecule has 1 fully saturated rings. The Bertz CT molecular complexity index is 1110. The lowest BCUT2D eigenvalue weighted by Gasteiger charge is -2.16. The lowest BCUT2D eigenvalue weighted by atomic mass is 10.1. The van der Waals surface area contributed by atoms with E-state index in [1.54, 1.807) is 25.3 Å². The number of rotatable bonds is 6. The standard InChI is InChI=1S/C19H22ClN7O4/c1-22-18(29)15-12(21)14(28)19(31-15)27-8-26-13-16(24-7-25-17(13)27)23-6-9-5-10(20)3-4-11(9)30-2/h3-5,7-8,12,14-15,19,28H,6,21H2,1-2H3,(H,22,29)(H,23,24,25)/t12-,14+,15-,19+/m0/s1. The van der Waals surface area contributed by atoms with Gasteiger partial charge in [-0.2, -0.15) is 0 Å². The Morgan fingerprint density at radius 1 is 1.39 bits per heavy atom. The van der Waals surface area contributed by atoms with Crippen LogP contribution in [0.4, 0.5) is 5.82 Å². The first-order chi connectivity index (χ1) is 14.9. The number of hydrogen-bond donors (Lipinski definition) is 4. The van der Waals surface area contributed by atoms with Crippen LogP contribution in [0.5, 0.6) is 5.75 Å². The van der Waals surface area contributed by atoms with E-state index in [1.807, 2.05) is 0 Å². The zero-order valence-corrected chi connectivity index (χ0v) is 17.6. The minimum atomic E-state index is -1.12. The summed E-state index contributed by atoms with van der Waals surface area (Å²) in [4.78, 5) is 24.9. The molecule has 0 spiro atoms. The molecule has 0 unspecified atom stereocenters. The lowest BCUT2D eigenvalue weighted by molar-refractivity contribution is -0.134. The molecule has 1 aliphatic rings. The van der Waals surface area contributed by atoms with Gasteiger partial charge in [-0.1, -0.05) is 11.6 Å². The predicted molar refractivity (Wildman–Crippen MR) is 113 cm³/mol. The maximum Gasteiger partial charge on any atom is 0.250 e. The number of carbonyl (C=O) groups is 1. The number of ether oxygens (including phenoxy) is 2. The van der Waals surface area contributed by atoms with Crippen molar-refractivity contribution in [1.82, 2.24) is 24.8 Å². The first kappa shape index (κ1) is 21.2. The summed E-state index contributed by atoms with van der Waals surface area (Å²) < 4.78 is 12.6. The third kappa shape index (κ3) is 3.88. The van der Waals surface area contributed by atoms with E-state index < -0.39 is 30.4 Å². The van der Waals surface area contributed by atoms with Gasteiger partial charge in [-0.15, -0.1) is 0 Å². The van der Waals surface area contributed by atoms with E-state index in [9.17, 15) is 9.90 Å². The van der Waals surface area contributed by atoms with Crippen molar-refractivity contribution >= 4 is 34.5 Å². The quantitative estimate of drug-likeness (QED) is 0.422. The maximum atomic E-state index is 12.0. The summed E-state index contributed by atoms with van der Waals surface area (Å²) in [7, 11) is 3.06. The number of hydrogen-bond acceptors (Lipinski definition) is 9. The monoisotopic (exact) mass is 447 g/mol. The number of nitrogens with one attached hydrogen (secondary N) is 2. The fraction of sp³-hybridized carbons (Fsp3) is 0.368. The molecule has 5 N–H and O–H groups in total. The number of methoxy groups -OCH3 is 1. The molecule has 3 aromatic rings. The molecule has 0 radical (unpaired) electrons. The summed E-state index contributed by atoms with van der Waals surface area (Å²) in [5, 5.41) is 16.8. The number of benzene rings is 1. The van der Waals surface area contributed by atoms with Crippen molar-refractivity contribution in [3.8, 4) is 5.75 Å². The summed E-state index contributed by atoms with van der Waals surface area (Å²) in [5.41, 5.74) is 7.72. The number of imidazole rings is 1. The molecule has 0 aliphatic carbocycles. The fourth-order valence-corrected chi connectivity index (χ4v) is 3.73. The highest BCUT2D eigenvalue weighted by Crippen LogP contribution is 2.32. The van der Waals surface area contributed by atoms with Crippen molar-refractivity contribution < 1.29 is 19.4 Å². The zero-order chi connectivity index (χ0) is 22.1. The van der Waals surface area contributed by atoms with Gasteiger partial charge in [0.05, 0.1) is 19.5 Å². The van der Waals surface area contributed by atoms with Crippen molar-refractivity contribution in [3.63, 3.8) is 0 Å². The molecular weight excluding hydrogens is 426 g/mol. The Morgan fingerprint density at radius 2 is 2.19 bits per heavy atom. The van der Waals surface area contributed by atoms with E-state index in [0.717, 1.165) is 5.56 Å². The topological polar surface area (TPSA) is 149 Å². The molecule has 1 saturated heterocycles. The maximum absolute atomic E-state index is 12.0. The van der Waals surface area contributed by atoms with Crippen molar-refractivity contribution in [2.24, 2.45) is 5.73 Å². The average molecular weight is 448 g/mol. The van der Waals surface area contributed by atoms with Crippen LogP contribution in [-0.4, -0.2) is 62.9 Å². The van der Waals surface area contributed by atoms with Crippen LogP contribution in [0.15, 0.2) is 30.9 Å². The van der Waals surface area contributed by atoms with Gasteiger partial charge in [-0.3, -0.25) is 9.36 Å². The van der Waals surface area contributed by atoms with Crippen LogP contribution in [-0.2, 0) is 16.1 Å². The molecule has 4 rings (SSSR count). The molecule has 31 heavy (non-hydrogen) atoms. The van der Waals surface area contributed by atoms with Crippen LogP contribution in [0.3, 0.4) is 0 Å². The van der Waals surface area contributed by atoms with Gasteiger partial charge < -0.3 is 30.9 Å². The molecular formula is C19H22ClN7O4. The summed E-state index contributed by atoms with van der Waals surface area (Å²) in [6.07, 6.45) is -0.190. The van der Waals surface area contributed by atoms with E-state index in [2.05, 4.69) is 25.6 Å². The Labute approximate surface area is 182 Å². The molecule has 1 aromatic carbocycles. The second-order valence-corrected chi connectivity index (χ2v) is 7.42. The average Bonchev–Trinajstić information content (AvgIpc) is 3.33. The molecule has 0 bridgehead atoms. The second kappa shape index (κ2) is 8.63. The number of aromatic nitrogens is 4. The van der Waals surface area contributed by atoms with E-state index in [-0.39, 0.29) is 0 Å². The van der Waals surface area contributed by atoms with Crippen LogP contribution in [0.25, 0.3) is 11.2 Å². The minimum absolute atomic E-state index is 0.384. The smallest absolute Gasteiger partial charge is 0.250 e. The third-order valence-electron chi connectivity index (χ3n) is 5.15. The van der Waals surface area contributed by atoms with Crippen LogP contribution in [0.1, 0.15) is 11.8 Å². The lowest BCUT2D eigenvalue weighted by Crippen LogP contribution is -2.46. The van der Waals surface area contributed by atoms with Crippen molar-refractivity contribution in [3.05, 3.63) is 41.4 Å². The SMILES string of the molecule is CNC(=O)[C@H]1O[C@@H](n2cnc3c(NCc4cc(Cl)ccc4OC)ncnc32)[C@H](O)[C@@H]1N. The third-order valence-corrected chi connectivity index (χ3v) is 5.38. The molecule has 1 amide bonds. The van der Waals surface area contributed by atoms with Gasteiger partial charge in [0, 0.05) is 24.2 Å². The van der Waals surface area contributed by atoms with Gasteiger partial charge in [-0.05, 0) is 18.2 Å². The van der Waals surface area contributed by atoms with Crippen molar-refractivity contribution in [1.29, 1.82) is 0 Å². The van der Waals surface area contributed by atoms with Gasteiger partial charge in [0.1, 0.15) is 18.2 Å².